The van der Waals surface area contributed by atoms with Gasteiger partial charge in [0.05, 0.1) is 13.5 Å². The average molecular weight is 283 g/mol. The Morgan fingerprint density at radius 2 is 2.17 bits per heavy atom. The Hall–Kier alpha value is -1.51. The number of nitrogen functional groups attached to an aromatic ring is 1. The summed E-state index contributed by atoms with van der Waals surface area (Å²) in [6.45, 7) is -0.283. The van der Waals surface area contributed by atoms with Crippen LogP contribution in [0.4, 0.5) is 24.0 Å². The number of anilines is 2. The summed E-state index contributed by atoms with van der Waals surface area (Å²) in [5.41, 5.74) is 5.49. The number of ether oxygens (including phenoxy) is 1. The van der Waals surface area contributed by atoms with Gasteiger partial charge in [-0.15, -0.1) is 0 Å². The fourth-order valence-electron chi connectivity index (χ4n) is 1.24. The van der Waals surface area contributed by atoms with Gasteiger partial charge in [-0.3, -0.25) is 0 Å². The smallest absolute Gasteiger partial charge is 0.390 e. The van der Waals surface area contributed by atoms with Gasteiger partial charge in [0, 0.05) is 13.6 Å². The highest BCUT2D eigenvalue weighted by molar-refractivity contribution is 7.11. The quantitative estimate of drug-likeness (QED) is 0.855. The van der Waals surface area contributed by atoms with E-state index in [1.807, 2.05) is 0 Å². The van der Waals surface area contributed by atoms with E-state index in [9.17, 15) is 18.0 Å². The van der Waals surface area contributed by atoms with Crippen molar-refractivity contribution in [3.63, 3.8) is 0 Å². The Morgan fingerprint density at radius 1 is 1.56 bits per heavy atom. The molecule has 2 N–H and O–H groups in total. The summed E-state index contributed by atoms with van der Waals surface area (Å²) in [6.07, 6.45) is -5.24. The molecular weight excluding hydrogens is 271 g/mol. The van der Waals surface area contributed by atoms with Crippen LogP contribution in [0.15, 0.2) is 0 Å². The standard InChI is InChI=1S/C9H12F3N3O2S/c1-15(4-3-9(10,11)12)7-5(8(16)17-2)6(13)14-18-7/h3-4H2,1-2H3,(H2,13,14). The lowest BCUT2D eigenvalue weighted by Gasteiger charge is -2.18. The fourth-order valence-corrected chi connectivity index (χ4v) is 2.03. The van der Waals surface area contributed by atoms with Crippen molar-refractivity contribution in [2.45, 2.75) is 12.6 Å². The first-order valence-corrected chi connectivity index (χ1v) is 5.65. The number of halogens is 3. The van der Waals surface area contributed by atoms with E-state index < -0.39 is 18.6 Å². The molecule has 5 nitrogen and oxygen atoms in total. The van der Waals surface area contributed by atoms with Gasteiger partial charge in [0.25, 0.3) is 0 Å². The van der Waals surface area contributed by atoms with E-state index in [1.54, 1.807) is 0 Å². The van der Waals surface area contributed by atoms with Crippen molar-refractivity contribution in [2.75, 3.05) is 31.3 Å². The zero-order chi connectivity index (χ0) is 13.9. The number of hydrogen-bond acceptors (Lipinski definition) is 6. The molecule has 0 spiro atoms. The maximum absolute atomic E-state index is 12.1. The van der Waals surface area contributed by atoms with Gasteiger partial charge in [-0.2, -0.15) is 17.5 Å². The molecule has 102 valence electrons. The zero-order valence-corrected chi connectivity index (χ0v) is 10.6. The van der Waals surface area contributed by atoms with E-state index in [2.05, 4.69) is 9.11 Å². The summed E-state index contributed by atoms with van der Waals surface area (Å²) in [5.74, 6) is -0.754. The number of rotatable bonds is 4. The van der Waals surface area contributed by atoms with Crippen molar-refractivity contribution in [2.24, 2.45) is 0 Å². The van der Waals surface area contributed by atoms with Crippen LogP contribution in [0.3, 0.4) is 0 Å². The molecule has 1 heterocycles. The van der Waals surface area contributed by atoms with Crippen LogP contribution in [0.5, 0.6) is 0 Å². The number of methoxy groups -OCH3 is 1. The molecule has 0 saturated heterocycles. The van der Waals surface area contributed by atoms with Gasteiger partial charge in [-0.25, -0.2) is 4.79 Å². The van der Waals surface area contributed by atoms with Gasteiger partial charge >= 0.3 is 12.1 Å². The maximum Gasteiger partial charge on any atom is 0.390 e. The van der Waals surface area contributed by atoms with Crippen LogP contribution >= 0.6 is 11.5 Å². The lowest BCUT2D eigenvalue weighted by molar-refractivity contribution is -0.132. The van der Waals surface area contributed by atoms with Crippen molar-refractivity contribution in [3.05, 3.63) is 5.56 Å². The Bertz CT molecular complexity index is 433. The van der Waals surface area contributed by atoms with E-state index in [-0.39, 0.29) is 22.9 Å². The van der Waals surface area contributed by atoms with Crippen molar-refractivity contribution < 1.29 is 22.7 Å². The van der Waals surface area contributed by atoms with Crippen LogP contribution in [0, 0.1) is 0 Å². The minimum atomic E-state index is -4.25. The molecule has 0 bridgehead atoms. The van der Waals surface area contributed by atoms with Gasteiger partial charge in [0.1, 0.15) is 10.6 Å². The SMILES string of the molecule is COC(=O)c1c(N)nsc1N(C)CCC(F)(F)F. The van der Waals surface area contributed by atoms with Gasteiger partial charge in [0.15, 0.2) is 5.82 Å². The number of nitrogens with zero attached hydrogens (tertiary/aromatic N) is 2. The first kappa shape index (κ1) is 14.6. The molecular formula is C9H12F3N3O2S. The number of alkyl halides is 3. The van der Waals surface area contributed by atoms with Gasteiger partial charge in [-0.1, -0.05) is 0 Å². The lowest BCUT2D eigenvalue weighted by Crippen LogP contribution is -2.24. The predicted molar refractivity (Wildman–Crippen MR) is 61.8 cm³/mol. The van der Waals surface area contributed by atoms with E-state index in [0.717, 1.165) is 11.5 Å². The summed E-state index contributed by atoms with van der Waals surface area (Å²) >= 11 is 0.861. The Kier molecular flexibility index (Phi) is 4.38. The zero-order valence-electron chi connectivity index (χ0n) is 9.74. The number of nitrogens with two attached hydrogens (primary N) is 1. The molecule has 0 atom stereocenters. The summed E-state index contributed by atoms with van der Waals surface area (Å²) in [7, 11) is 2.60. The van der Waals surface area contributed by atoms with E-state index >= 15 is 0 Å². The Morgan fingerprint density at radius 3 is 2.67 bits per heavy atom. The predicted octanol–water partition coefficient (Wildman–Crippen LogP) is 1.90. The lowest BCUT2D eigenvalue weighted by atomic mass is 10.3. The third-order valence-electron chi connectivity index (χ3n) is 2.17. The summed E-state index contributed by atoms with van der Waals surface area (Å²) < 4.78 is 44.6. The molecule has 0 aromatic carbocycles. The second-order valence-electron chi connectivity index (χ2n) is 3.53. The highest BCUT2D eigenvalue weighted by Gasteiger charge is 2.29. The highest BCUT2D eigenvalue weighted by Crippen LogP contribution is 2.31. The Balaban J connectivity index is 2.86. The van der Waals surface area contributed by atoms with Crippen molar-refractivity contribution in [3.8, 4) is 0 Å². The number of carbonyl (C=O) groups is 1. The minimum absolute atomic E-state index is 0.00664. The Labute approximate surface area is 105 Å². The number of carbonyl (C=O) groups excluding carboxylic acids is 1. The average Bonchev–Trinajstić information content (AvgIpc) is 2.66. The molecule has 0 aliphatic heterocycles. The summed E-state index contributed by atoms with van der Waals surface area (Å²) in [5, 5.41) is 0.267. The molecule has 1 rings (SSSR count). The van der Waals surface area contributed by atoms with Crippen LogP contribution in [0.1, 0.15) is 16.8 Å². The van der Waals surface area contributed by atoms with Crippen LogP contribution in [0.25, 0.3) is 0 Å². The second kappa shape index (κ2) is 5.42. The van der Waals surface area contributed by atoms with E-state index in [0.29, 0.717) is 0 Å². The molecule has 18 heavy (non-hydrogen) atoms. The highest BCUT2D eigenvalue weighted by atomic mass is 32.1. The van der Waals surface area contributed by atoms with Crippen LogP contribution in [-0.2, 0) is 4.74 Å². The summed E-state index contributed by atoms with van der Waals surface area (Å²) in [6, 6.07) is 0. The van der Waals surface area contributed by atoms with Crippen molar-refractivity contribution in [1.82, 2.24) is 4.37 Å². The first-order valence-electron chi connectivity index (χ1n) is 4.87. The minimum Gasteiger partial charge on any atom is -0.465 e. The summed E-state index contributed by atoms with van der Waals surface area (Å²) in [4.78, 5) is 12.7. The van der Waals surface area contributed by atoms with Crippen LogP contribution in [-0.4, -0.2) is 37.2 Å². The third-order valence-corrected chi connectivity index (χ3v) is 3.14. The van der Waals surface area contributed by atoms with E-state index in [1.165, 1.54) is 19.1 Å². The normalized spacial score (nSPS) is 11.4. The number of hydrogen-bond donors (Lipinski definition) is 1. The van der Waals surface area contributed by atoms with E-state index in [4.69, 9.17) is 5.73 Å². The van der Waals surface area contributed by atoms with Gasteiger partial charge in [0.2, 0.25) is 0 Å². The van der Waals surface area contributed by atoms with Crippen LogP contribution < -0.4 is 10.6 Å². The topological polar surface area (TPSA) is 68.5 Å². The largest absolute Gasteiger partial charge is 0.465 e. The fraction of sp³-hybridized carbons (Fsp3) is 0.556. The molecule has 0 radical (unpaired) electrons. The van der Waals surface area contributed by atoms with Crippen molar-refractivity contribution in [1.29, 1.82) is 0 Å². The van der Waals surface area contributed by atoms with Crippen molar-refractivity contribution >= 4 is 28.3 Å². The molecule has 0 saturated carbocycles. The van der Waals surface area contributed by atoms with Crippen LogP contribution in [0.2, 0.25) is 0 Å². The van der Waals surface area contributed by atoms with Gasteiger partial charge < -0.3 is 15.4 Å². The molecule has 0 amide bonds. The van der Waals surface area contributed by atoms with Gasteiger partial charge in [-0.05, 0) is 11.5 Å². The maximum atomic E-state index is 12.1. The second-order valence-corrected chi connectivity index (χ2v) is 4.28. The number of esters is 1. The molecule has 9 heteroatoms. The molecule has 1 aromatic heterocycles. The first-order chi connectivity index (χ1) is 8.26. The number of aromatic nitrogens is 1. The monoisotopic (exact) mass is 283 g/mol. The molecule has 0 fully saturated rings. The molecule has 0 aliphatic carbocycles. The molecule has 0 aliphatic rings. The molecule has 1 aromatic rings. The molecule has 0 unspecified atom stereocenters. The third kappa shape index (κ3) is 3.49.